The Hall–Kier alpha value is -2.68. The monoisotopic (exact) mass is 453 g/mol. The lowest BCUT2D eigenvalue weighted by Crippen LogP contribution is -2.41. The molecule has 1 saturated heterocycles. The van der Waals surface area contributed by atoms with Gasteiger partial charge in [-0.1, -0.05) is 30.3 Å². The lowest BCUT2D eigenvalue weighted by Gasteiger charge is -2.28. The predicted octanol–water partition coefficient (Wildman–Crippen LogP) is 3.88. The molecule has 3 aromatic rings. The third kappa shape index (κ3) is 4.23. The van der Waals surface area contributed by atoms with Gasteiger partial charge >= 0.3 is 0 Å². The van der Waals surface area contributed by atoms with E-state index in [1.54, 1.807) is 0 Å². The van der Waals surface area contributed by atoms with Crippen LogP contribution in [0.1, 0.15) is 36.2 Å². The second-order valence-corrected chi connectivity index (χ2v) is 9.78. The van der Waals surface area contributed by atoms with Crippen molar-refractivity contribution in [3.05, 3.63) is 62.7 Å². The van der Waals surface area contributed by atoms with Crippen molar-refractivity contribution < 1.29 is 14.3 Å². The number of carbonyl (C=O) groups excluding carboxylic acids is 2. The molecule has 31 heavy (non-hydrogen) atoms. The third-order valence-corrected chi connectivity index (χ3v) is 8.01. The van der Waals surface area contributed by atoms with Crippen molar-refractivity contribution in [1.29, 1.82) is 0 Å². The summed E-state index contributed by atoms with van der Waals surface area (Å²) >= 11 is 2.97. The number of hydrogen-bond donors (Lipinski definition) is 2. The van der Waals surface area contributed by atoms with E-state index in [0.29, 0.717) is 23.0 Å². The maximum atomic E-state index is 12.8. The zero-order valence-electron chi connectivity index (χ0n) is 17.0. The molecule has 2 aromatic heterocycles. The fraction of sp³-hybridized carbons (Fsp3) is 0.304. The second kappa shape index (κ2) is 8.82. The number of carbonyl (C=O) groups is 2. The number of ether oxygens (including phenoxy) is 1. The SMILES string of the molecule is O=C(NNC(=O)c1cc(-c2ccccc2)c(N2CCOCC2)s1)c1cc2c(s1)CCC2. The summed E-state index contributed by atoms with van der Waals surface area (Å²) < 4.78 is 5.49. The van der Waals surface area contributed by atoms with Crippen LogP contribution in [0.15, 0.2) is 42.5 Å². The average molecular weight is 454 g/mol. The van der Waals surface area contributed by atoms with Crippen LogP contribution in [0.25, 0.3) is 11.1 Å². The highest BCUT2D eigenvalue weighted by Crippen LogP contribution is 2.39. The fourth-order valence-corrected chi connectivity index (χ4v) is 6.27. The molecule has 1 aliphatic carbocycles. The molecule has 1 fully saturated rings. The first-order valence-corrected chi connectivity index (χ1v) is 12.1. The minimum absolute atomic E-state index is 0.263. The van der Waals surface area contributed by atoms with Crippen molar-refractivity contribution in [2.24, 2.45) is 0 Å². The lowest BCUT2D eigenvalue weighted by molar-refractivity contribution is 0.0851. The first kappa shape index (κ1) is 20.2. The number of nitrogens with one attached hydrogen (secondary N) is 2. The van der Waals surface area contributed by atoms with Gasteiger partial charge in [-0.3, -0.25) is 20.4 Å². The van der Waals surface area contributed by atoms with Crippen molar-refractivity contribution in [2.75, 3.05) is 31.2 Å². The summed E-state index contributed by atoms with van der Waals surface area (Å²) in [5, 5.41) is 1.06. The van der Waals surface area contributed by atoms with E-state index < -0.39 is 0 Å². The van der Waals surface area contributed by atoms with Gasteiger partial charge in [-0.15, -0.1) is 22.7 Å². The van der Waals surface area contributed by atoms with E-state index in [1.807, 2.05) is 42.5 Å². The fourth-order valence-electron chi connectivity index (χ4n) is 4.00. The quantitative estimate of drug-likeness (QED) is 0.589. The highest BCUT2D eigenvalue weighted by Gasteiger charge is 2.23. The van der Waals surface area contributed by atoms with E-state index in [9.17, 15) is 9.59 Å². The molecule has 0 saturated carbocycles. The van der Waals surface area contributed by atoms with Crippen molar-refractivity contribution in [3.8, 4) is 11.1 Å². The topological polar surface area (TPSA) is 70.7 Å². The molecular formula is C23H23N3O3S2. The molecule has 1 aromatic carbocycles. The molecule has 8 heteroatoms. The molecule has 0 radical (unpaired) electrons. The van der Waals surface area contributed by atoms with Crippen LogP contribution in [-0.2, 0) is 17.6 Å². The van der Waals surface area contributed by atoms with E-state index in [1.165, 1.54) is 33.1 Å². The summed E-state index contributed by atoms with van der Waals surface area (Å²) in [5.41, 5.74) is 8.53. The number of benzene rings is 1. The summed E-state index contributed by atoms with van der Waals surface area (Å²) in [6.07, 6.45) is 3.24. The number of rotatable bonds is 4. The number of hydrogen-bond acceptors (Lipinski definition) is 6. The molecule has 6 nitrogen and oxygen atoms in total. The van der Waals surface area contributed by atoms with Crippen molar-refractivity contribution in [1.82, 2.24) is 10.9 Å². The maximum absolute atomic E-state index is 12.8. The van der Waals surface area contributed by atoms with Crippen LogP contribution in [0.5, 0.6) is 0 Å². The Morgan fingerprint density at radius 3 is 2.32 bits per heavy atom. The smallest absolute Gasteiger partial charge is 0.279 e. The Labute approximate surface area is 188 Å². The van der Waals surface area contributed by atoms with E-state index >= 15 is 0 Å². The number of hydrazine groups is 1. The molecule has 5 rings (SSSR count). The zero-order chi connectivity index (χ0) is 21.2. The zero-order valence-corrected chi connectivity index (χ0v) is 18.6. The Bertz CT molecular complexity index is 1080. The number of aryl methyl sites for hydroxylation is 2. The number of morpholine rings is 1. The van der Waals surface area contributed by atoms with E-state index in [-0.39, 0.29) is 11.8 Å². The molecule has 0 bridgehead atoms. The van der Waals surface area contributed by atoms with Gasteiger partial charge in [0.05, 0.1) is 28.0 Å². The van der Waals surface area contributed by atoms with Crippen molar-refractivity contribution >= 4 is 39.5 Å². The summed E-state index contributed by atoms with van der Waals surface area (Å²) in [6, 6.07) is 13.9. The Morgan fingerprint density at radius 1 is 0.903 bits per heavy atom. The van der Waals surface area contributed by atoms with Crippen LogP contribution in [0.3, 0.4) is 0 Å². The van der Waals surface area contributed by atoms with Gasteiger partial charge in [0.25, 0.3) is 11.8 Å². The number of thiophene rings is 2. The minimum atomic E-state index is -0.306. The van der Waals surface area contributed by atoms with Crippen LogP contribution < -0.4 is 15.8 Å². The van der Waals surface area contributed by atoms with Gasteiger partial charge in [0.1, 0.15) is 0 Å². The molecule has 2 N–H and O–H groups in total. The van der Waals surface area contributed by atoms with Crippen LogP contribution >= 0.6 is 22.7 Å². The Balaban J connectivity index is 1.33. The number of amides is 2. The first-order valence-electron chi connectivity index (χ1n) is 10.4. The summed E-state index contributed by atoms with van der Waals surface area (Å²) in [6.45, 7) is 2.94. The molecule has 0 spiro atoms. The predicted molar refractivity (Wildman–Crippen MR) is 124 cm³/mol. The molecule has 1 aliphatic heterocycles. The molecule has 2 aliphatic rings. The van der Waals surface area contributed by atoms with Crippen LogP contribution in [0.4, 0.5) is 5.00 Å². The molecule has 0 atom stereocenters. The average Bonchev–Trinajstić information content (AvgIpc) is 3.53. The molecule has 3 heterocycles. The van der Waals surface area contributed by atoms with Gasteiger partial charge in [-0.2, -0.15) is 0 Å². The summed E-state index contributed by atoms with van der Waals surface area (Å²) in [4.78, 5) is 30.1. The van der Waals surface area contributed by atoms with E-state index in [0.717, 1.165) is 48.5 Å². The summed E-state index contributed by atoms with van der Waals surface area (Å²) in [7, 11) is 0. The van der Waals surface area contributed by atoms with E-state index in [2.05, 4.69) is 15.8 Å². The van der Waals surface area contributed by atoms with Crippen LogP contribution in [-0.4, -0.2) is 38.1 Å². The van der Waals surface area contributed by atoms with Crippen LogP contribution in [0, 0.1) is 0 Å². The largest absolute Gasteiger partial charge is 0.378 e. The van der Waals surface area contributed by atoms with E-state index in [4.69, 9.17) is 4.74 Å². The van der Waals surface area contributed by atoms with Crippen LogP contribution in [0.2, 0.25) is 0 Å². The molecule has 160 valence electrons. The number of fused-ring (bicyclic) bond motifs is 1. The number of nitrogens with zero attached hydrogens (tertiary/aromatic N) is 1. The van der Waals surface area contributed by atoms with Crippen molar-refractivity contribution in [2.45, 2.75) is 19.3 Å². The second-order valence-electron chi connectivity index (χ2n) is 7.62. The highest BCUT2D eigenvalue weighted by molar-refractivity contribution is 7.18. The highest BCUT2D eigenvalue weighted by atomic mass is 32.1. The van der Waals surface area contributed by atoms with Gasteiger partial charge in [0.15, 0.2) is 0 Å². The number of anilines is 1. The Kier molecular flexibility index (Phi) is 5.76. The third-order valence-electron chi connectivity index (χ3n) is 5.58. The maximum Gasteiger partial charge on any atom is 0.279 e. The standard InChI is InChI=1S/C23H23N3O3S2/c27-21(19-13-16-7-4-8-18(16)30-19)24-25-22(28)20-14-17(15-5-2-1-3-6-15)23(31-20)26-9-11-29-12-10-26/h1-3,5-6,13-14H,4,7-12H2,(H,24,27)(H,25,28). The van der Waals surface area contributed by atoms with Gasteiger partial charge in [-0.05, 0) is 42.5 Å². The summed E-state index contributed by atoms with van der Waals surface area (Å²) in [5.74, 6) is -0.569. The lowest BCUT2D eigenvalue weighted by atomic mass is 10.1. The van der Waals surface area contributed by atoms with Gasteiger partial charge < -0.3 is 9.64 Å². The van der Waals surface area contributed by atoms with Gasteiger partial charge in [0, 0.05) is 23.5 Å². The van der Waals surface area contributed by atoms with Crippen molar-refractivity contribution in [3.63, 3.8) is 0 Å². The normalized spacial score (nSPS) is 15.5. The van der Waals surface area contributed by atoms with Gasteiger partial charge in [0.2, 0.25) is 0 Å². The molecule has 0 unspecified atom stereocenters. The molecular weight excluding hydrogens is 430 g/mol. The van der Waals surface area contributed by atoms with Gasteiger partial charge in [-0.25, -0.2) is 0 Å². The molecule has 2 amide bonds. The minimum Gasteiger partial charge on any atom is -0.378 e. The Morgan fingerprint density at radius 2 is 1.61 bits per heavy atom. The first-order chi connectivity index (χ1) is 15.2.